The third-order valence-corrected chi connectivity index (χ3v) is 9.22. The van der Waals surface area contributed by atoms with Gasteiger partial charge in [-0.3, -0.25) is 0 Å². The van der Waals surface area contributed by atoms with Crippen LogP contribution in [-0.2, 0) is 12.5 Å². The number of aromatic nitrogens is 1. The van der Waals surface area contributed by atoms with Crippen molar-refractivity contribution in [1.29, 1.82) is 0 Å². The predicted octanol–water partition coefficient (Wildman–Crippen LogP) is 10.6. The molecular formula is C39H32N2. The Morgan fingerprint density at radius 1 is 0.585 bits per heavy atom. The van der Waals surface area contributed by atoms with Crippen molar-refractivity contribution in [2.45, 2.75) is 26.2 Å². The van der Waals surface area contributed by atoms with Crippen LogP contribution in [0.3, 0.4) is 0 Å². The summed E-state index contributed by atoms with van der Waals surface area (Å²) in [4.78, 5) is 2.48. The molecular weight excluding hydrogens is 496 g/mol. The molecule has 7 aromatic rings. The number of anilines is 3. The highest BCUT2D eigenvalue weighted by Crippen LogP contribution is 2.55. The monoisotopic (exact) mass is 528 g/mol. The Balaban J connectivity index is 1.50. The average molecular weight is 529 g/mol. The number of aryl methyl sites for hydroxylation is 2. The van der Waals surface area contributed by atoms with Crippen LogP contribution in [0, 0.1) is 6.92 Å². The van der Waals surface area contributed by atoms with Gasteiger partial charge in [-0.25, -0.2) is 0 Å². The summed E-state index contributed by atoms with van der Waals surface area (Å²) in [6.07, 6.45) is 0. The first-order chi connectivity index (χ1) is 19.9. The van der Waals surface area contributed by atoms with Gasteiger partial charge in [0.05, 0.1) is 16.9 Å². The zero-order valence-electron chi connectivity index (χ0n) is 23.9. The minimum absolute atomic E-state index is 0.108. The molecule has 198 valence electrons. The lowest BCUT2D eigenvalue weighted by molar-refractivity contribution is 0.660. The van der Waals surface area contributed by atoms with Crippen LogP contribution >= 0.6 is 0 Å². The van der Waals surface area contributed by atoms with Crippen LogP contribution in [0.4, 0.5) is 17.1 Å². The molecule has 8 rings (SSSR count). The molecule has 0 saturated heterocycles. The van der Waals surface area contributed by atoms with E-state index in [0.29, 0.717) is 0 Å². The standard InChI is InChI=1S/C39H32N2/c1-25-21-22-31-32(23-25)39(2,3)33-24-36(27-15-8-9-17-29(27)37(31)33)41(26-13-6-5-7-14-26)35-20-12-18-30-28-16-10-11-19-34(28)40(4)38(30)35/h5-24H,1-4H3. The van der Waals surface area contributed by atoms with Crippen molar-refractivity contribution in [2.75, 3.05) is 4.90 Å². The first-order valence-electron chi connectivity index (χ1n) is 14.4. The summed E-state index contributed by atoms with van der Waals surface area (Å²) in [7, 11) is 2.19. The Hall–Kier alpha value is -4.82. The van der Waals surface area contributed by atoms with Gasteiger partial charge in [-0.05, 0) is 64.9 Å². The minimum Gasteiger partial charge on any atom is -0.342 e. The summed E-state index contributed by atoms with van der Waals surface area (Å²) >= 11 is 0. The second-order valence-corrected chi connectivity index (χ2v) is 12.0. The quantitative estimate of drug-likeness (QED) is 0.221. The van der Waals surface area contributed by atoms with Gasteiger partial charge >= 0.3 is 0 Å². The van der Waals surface area contributed by atoms with Crippen LogP contribution in [-0.4, -0.2) is 4.57 Å². The Kier molecular flexibility index (Phi) is 5.03. The van der Waals surface area contributed by atoms with E-state index in [4.69, 9.17) is 0 Å². The van der Waals surface area contributed by atoms with Crippen molar-refractivity contribution >= 4 is 49.6 Å². The fourth-order valence-electron chi connectivity index (χ4n) is 7.24. The van der Waals surface area contributed by atoms with Gasteiger partial charge in [0.25, 0.3) is 0 Å². The second-order valence-electron chi connectivity index (χ2n) is 12.0. The topological polar surface area (TPSA) is 8.17 Å². The Labute approximate surface area is 241 Å². The van der Waals surface area contributed by atoms with E-state index < -0.39 is 0 Å². The molecule has 0 radical (unpaired) electrons. The molecule has 2 nitrogen and oxygen atoms in total. The Morgan fingerprint density at radius 2 is 1.27 bits per heavy atom. The predicted molar refractivity (Wildman–Crippen MR) is 175 cm³/mol. The lowest BCUT2D eigenvalue weighted by atomic mass is 9.81. The van der Waals surface area contributed by atoms with Gasteiger partial charge in [-0.15, -0.1) is 0 Å². The van der Waals surface area contributed by atoms with Crippen molar-refractivity contribution in [2.24, 2.45) is 7.05 Å². The minimum atomic E-state index is -0.108. The van der Waals surface area contributed by atoms with Crippen LogP contribution in [0.25, 0.3) is 43.7 Å². The van der Waals surface area contributed by atoms with E-state index in [0.717, 1.165) is 5.69 Å². The lowest BCUT2D eigenvalue weighted by Gasteiger charge is -2.30. The third kappa shape index (κ3) is 3.31. The second kappa shape index (κ2) is 8.59. The van der Waals surface area contributed by atoms with Crippen molar-refractivity contribution in [3.63, 3.8) is 0 Å². The van der Waals surface area contributed by atoms with Crippen molar-refractivity contribution in [3.05, 3.63) is 138 Å². The molecule has 0 unspecified atom stereocenters. The highest BCUT2D eigenvalue weighted by atomic mass is 15.2. The number of hydrogen-bond acceptors (Lipinski definition) is 1. The van der Waals surface area contributed by atoms with E-state index in [-0.39, 0.29) is 5.41 Å². The Morgan fingerprint density at radius 3 is 2.07 bits per heavy atom. The average Bonchev–Trinajstić information content (AvgIpc) is 3.42. The molecule has 1 aliphatic carbocycles. The van der Waals surface area contributed by atoms with Gasteiger partial charge in [0, 0.05) is 39.8 Å². The molecule has 1 aromatic heterocycles. The maximum Gasteiger partial charge on any atom is 0.0733 e. The van der Waals surface area contributed by atoms with Crippen molar-refractivity contribution in [1.82, 2.24) is 4.57 Å². The van der Waals surface area contributed by atoms with Crippen LogP contribution < -0.4 is 4.90 Å². The largest absolute Gasteiger partial charge is 0.342 e. The third-order valence-electron chi connectivity index (χ3n) is 9.22. The molecule has 0 spiro atoms. The highest BCUT2D eigenvalue weighted by Gasteiger charge is 2.38. The molecule has 0 fully saturated rings. The molecule has 6 aromatic carbocycles. The van der Waals surface area contributed by atoms with Gasteiger partial charge in [0.15, 0.2) is 0 Å². The zero-order valence-corrected chi connectivity index (χ0v) is 23.9. The van der Waals surface area contributed by atoms with E-state index in [1.54, 1.807) is 0 Å². The van der Waals surface area contributed by atoms with Crippen molar-refractivity contribution in [3.8, 4) is 11.1 Å². The van der Waals surface area contributed by atoms with E-state index in [1.165, 1.54) is 71.8 Å². The van der Waals surface area contributed by atoms with E-state index in [9.17, 15) is 0 Å². The maximum atomic E-state index is 2.48. The molecule has 0 amide bonds. The highest BCUT2D eigenvalue weighted by molar-refractivity contribution is 6.15. The maximum absolute atomic E-state index is 2.48. The summed E-state index contributed by atoms with van der Waals surface area (Å²) in [6.45, 7) is 6.96. The fourth-order valence-corrected chi connectivity index (χ4v) is 7.24. The molecule has 0 bridgehead atoms. The van der Waals surface area contributed by atoms with Crippen LogP contribution in [0.5, 0.6) is 0 Å². The van der Waals surface area contributed by atoms with Gasteiger partial charge < -0.3 is 9.47 Å². The normalized spacial score (nSPS) is 13.6. The van der Waals surface area contributed by atoms with Gasteiger partial charge in [0.1, 0.15) is 0 Å². The van der Waals surface area contributed by atoms with Crippen LogP contribution in [0.1, 0.15) is 30.5 Å². The molecule has 1 aliphatic rings. The molecule has 1 heterocycles. The SMILES string of the molecule is Cc1ccc2c(c1)C(C)(C)c1cc(N(c3ccccc3)c3cccc4c5ccccc5n(C)c34)c3ccccc3c1-2. The van der Waals surface area contributed by atoms with E-state index in [2.05, 4.69) is 159 Å². The number of rotatable bonds is 3. The number of para-hydroxylation sites is 3. The van der Waals surface area contributed by atoms with Crippen LogP contribution in [0.15, 0.2) is 121 Å². The van der Waals surface area contributed by atoms with E-state index in [1.807, 2.05) is 0 Å². The fraction of sp³-hybridized carbons (Fsp3) is 0.128. The molecule has 0 atom stereocenters. The summed E-state index contributed by atoms with van der Waals surface area (Å²) in [5.41, 5.74) is 12.8. The first kappa shape index (κ1) is 24.0. The first-order valence-corrected chi connectivity index (χ1v) is 14.4. The van der Waals surface area contributed by atoms with Gasteiger partial charge in [0.2, 0.25) is 0 Å². The van der Waals surface area contributed by atoms with Gasteiger partial charge in [-0.2, -0.15) is 0 Å². The van der Waals surface area contributed by atoms with E-state index >= 15 is 0 Å². The summed E-state index contributed by atoms with van der Waals surface area (Å²) in [5, 5.41) is 5.12. The van der Waals surface area contributed by atoms with Gasteiger partial charge in [-0.1, -0.05) is 110 Å². The molecule has 0 N–H and O–H groups in total. The summed E-state index contributed by atoms with van der Waals surface area (Å²) < 4.78 is 2.36. The smallest absolute Gasteiger partial charge is 0.0733 e. The molecule has 2 heteroatoms. The molecule has 0 aliphatic heterocycles. The number of hydrogen-bond donors (Lipinski definition) is 0. The number of fused-ring (bicyclic) bond motifs is 8. The summed E-state index contributed by atoms with van der Waals surface area (Å²) in [5.74, 6) is 0. The Bertz CT molecular complexity index is 2150. The van der Waals surface area contributed by atoms with Crippen LogP contribution in [0.2, 0.25) is 0 Å². The zero-order chi connectivity index (χ0) is 27.9. The number of benzene rings is 6. The molecule has 41 heavy (non-hydrogen) atoms. The summed E-state index contributed by atoms with van der Waals surface area (Å²) in [6, 6.07) is 44.7. The van der Waals surface area contributed by atoms with Crippen molar-refractivity contribution < 1.29 is 0 Å². The lowest BCUT2D eigenvalue weighted by Crippen LogP contribution is -2.17. The number of nitrogens with zero attached hydrogens (tertiary/aromatic N) is 2. The molecule has 0 saturated carbocycles.